The first-order chi connectivity index (χ1) is 10.6. The Morgan fingerprint density at radius 1 is 1.05 bits per heavy atom. The molecular weight excluding hydrogens is 284 g/mol. The molecule has 2 saturated heterocycles. The van der Waals surface area contributed by atoms with Crippen molar-refractivity contribution in [2.45, 2.75) is 37.8 Å². The number of nitrogens with zero attached hydrogens (tertiary/aromatic N) is 1. The van der Waals surface area contributed by atoms with E-state index in [1.165, 1.54) is 0 Å². The van der Waals surface area contributed by atoms with E-state index < -0.39 is 11.9 Å². The van der Waals surface area contributed by atoms with Gasteiger partial charge in [-0.05, 0) is 44.4 Å². The number of carbonyl (C=O) groups is 2. The van der Waals surface area contributed by atoms with Crippen LogP contribution in [0.25, 0.3) is 0 Å². The van der Waals surface area contributed by atoms with E-state index >= 15 is 0 Å². The average molecular weight is 306 g/mol. The van der Waals surface area contributed by atoms with Gasteiger partial charge < -0.3 is 20.4 Å². The van der Waals surface area contributed by atoms with Crippen LogP contribution in [0.2, 0.25) is 0 Å². The van der Waals surface area contributed by atoms with Crippen molar-refractivity contribution in [3.05, 3.63) is 30.3 Å². The number of para-hydroxylation sites is 1. The van der Waals surface area contributed by atoms with E-state index in [-0.39, 0.29) is 12.1 Å². The molecule has 2 aliphatic rings. The minimum absolute atomic E-state index is 0.269. The van der Waals surface area contributed by atoms with Crippen molar-refractivity contribution in [1.82, 2.24) is 5.32 Å². The fourth-order valence-electron chi connectivity index (χ4n) is 2.85. The molecule has 0 unspecified atom stereocenters. The van der Waals surface area contributed by atoms with Crippen molar-refractivity contribution >= 4 is 17.6 Å². The van der Waals surface area contributed by atoms with E-state index in [4.69, 9.17) is 10.2 Å². The van der Waals surface area contributed by atoms with Gasteiger partial charge in [0.15, 0.2) is 0 Å². The van der Waals surface area contributed by atoms with Crippen LogP contribution < -0.4 is 10.2 Å². The number of nitrogens with one attached hydrogen (secondary N) is 1. The highest BCUT2D eigenvalue weighted by Crippen LogP contribution is 2.24. The smallest absolute Gasteiger partial charge is 0.326 e. The lowest BCUT2D eigenvalue weighted by atomic mass is 10.2. The third kappa shape index (κ3) is 4.21. The molecule has 22 heavy (non-hydrogen) atoms. The van der Waals surface area contributed by atoms with Gasteiger partial charge >= 0.3 is 11.9 Å². The topological polar surface area (TPSA) is 89.9 Å². The second-order valence-corrected chi connectivity index (χ2v) is 5.51. The Bertz CT molecular complexity index is 500. The van der Waals surface area contributed by atoms with Gasteiger partial charge in [0.2, 0.25) is 0 Å². The molecule has 2 heterocycles. The van der Waals surface area contributed by atoms with Gasteiger partial charge in [-0.1, -0.05) is 18.2 Å². The SMILES string of the molecule is O=C(O)[C@@H]1CCCN1.O=C(O)[C@@H]1CCCN1c1ccccc1. The zero-order chi connectivity index (χ0) is 15.9. The van der Waals surface area contributed by atoms with Crippen LogP contribution in [0, 0.1) is 0 Å². The molecule has 0 saturated carbocycles. The molecule has 0 radical (unpaired) electrons. The largest absolute Gasteiger partial charge is 0.480 e. The molecule has 0 aliphatic carbocycles. The van der Waals surface area contributed by atoms with Gasteiger partial charge in [0.1, 0.15) is 12.1 Å². The van der Waals surface area contributed by atoms with Gasteiger partial charge in [0.05, 0.1) is 0 Å². The number of carboxylic acids is 2. The van der Waals surface area contributed by atoms with Crippen LogP contribution in [0.3, 0.4) is 0 Å². The molecule has 3 N–H and O–H groups in total. The van der Waals surface area contributed by atoms with Crippen LogP contribution in [0.1, 0.15) is 25.7 Å². The summed E-state index contributed by atoms with van der Waals surface area (Å²) in [6.07, 6.45) is 3.50. The van der Waals surface area contributed by atoms with Gasteiger partial charge in [-0.25, -0.2) is 4.79 Å². The van der Waals surface area contributed by atoms with Crippen LogP contribution >= 0.6 is 0 Å². The van der Waals surface area contributed by atoms with Crippen molar-refractivity contribution in [3.63, 3.8) is 0 Å². The summed E-state index contributed by atoms with van der Waals surface area (Å²) < 4.78 is 0. The predicted molar refractivity (Wildman–Crippen MR) is 83.1 cm³/mol. The van der Waals surface area contributed by atoms with Gasteiger partial charge in [-0.15, -0.1) is 0 Å². The van der Waals surface area contributed by atoms with E-state index in [9.17, 15) is 9.59 Å². The minimum atomic E-state index is -0.720. The molecule has 3 rings (SSSR count). The van der Waals surface area contributed by atoms with Crippen LogP contribution in [-0.4, -0.2) is 47.3 Å². The molecule has 1 aromatic carbocycles. The predicted octanol–water partition coefficient (Wildman–Crippen LogP) is 1.56. The summed E-state index contributed by atoms with van der Waals surface area (Å²) in [5, 5.41) is 20.2. The second-order valence-electron chi connectivity index (χ2n) is 5.51. The molecule has 1 aromatic rings. The van der Waals surface area contributed by atoms with Crippen molar-refractivity contribution in [1.29, 1.82) is 0 Å². The molecule has 120 valence electrons. The first-order valence-corrected chi connectivity index (χ1v) is 7.60. The van der Waals surface area contributed by atoms with Crippen molar-refractivity contribution in [3.8, 4) is 0 Å². The van der Waals surface area contributed by atoms with E-state index in [2.05, 4.69) is 5.32 Å². The Labute approximate surface area is 129 Å². The van der Waals surface area contributed by atoms with Crippen molar-refractivity contribution < 1.29 is 19.8 Å². The number of rotatable bonds is 3. The zero-order valence-corrected chi connectivity index (χ0v) is 12.4. The Kier molecular flexibility index (Phi) is 5.77. The molecule has 2 fully saturated rings. The van der Waals surface area contributed by atoms with E-state index in [1.54, 1.807) is 0 Å². The first-order valence-electron chi connectivity index (χ1n) is 7.60. The maximum Gasteiger partial charge on any atom is 0.326 e. The van der Waals surface area contributed by atoms with Crippen LogP contribution in [0.5, 0.6) is 0 Å². The third-order valence-electron chi connectivity index (χ3n) is 3.98. The van der Waals surface area contributed by atoms with Gasteiger partial charge in [0, 0.05) is 12.2 Å². The van der Waals surface area contributed by atoms with Gasteiger partial charge in [-0.3, -0.25) is 4.79 Å². The minimum Gasteiger partial charge on any atom is -0.480 e. The molecule has 0 amide bonds. The number of hydrogen-bond acceptors (Lipinski definition) is 4. The Morgan fingerprint density at radius 2 is 1.77 bits per heavy atom. The number of aliphatic carboxylic acids is 2. The first kappa shape index (κ1) is 16.3. The fraction of sp³-hybridized carbons (Fsp3) is 0.500. The van der Waals surface area contributed by atoms with Gasteiger partial charge in [0.25, 0.3) is 0 Å². The van der Waals surface area contributed by atoms with Crippen molar-refractivity contribution in [2.75, 3.05) is 18.0 Å². The molecule has 0 aromatic heterocycles. The molecule has 0 bridgehead atoms. The monoisotopic (exact) mass is 306 g/mol. The van der Waals surface area contributed by atoms with Crippen LogP contribution in [0.15, 0.2) is 30.3 Å². The quantitative estimate of drug-likeness (QED) is 0.785. The Morgan fingerprint density at radius 3 is 2.27 bits per heavy atom. The normalized spacial score (nSPS) is 23.7. The summed E-state index contributed by atoms with van der Waals surface area (Å²) >= 11 is 0. The molecule has 2 atom stereocenters. The lowest BCUT2D eigenvalue weighted by Crippen LogP contribution is -2.35. The molecule has 2 aliphatic heterocycles. The second kappa shape index (κ2) is 7.79. The van der Waals surface area contributed by atoms with Gasteiger partial charge in [-0.2, -0.15) is 0 Å². The van der Waals surface area contributed by atoms with E-state index in [0.29, 0.717) is 0 Å². The summed E-state index contributed by atoms with van der Waals surface area (Å²) in [4.78, 5) is 23.0. The summed E-state index contributed by atoms with van der Waals surface area (Å²) in [6.45, 7) is 1.71. The highest BCUT2D eigenvalue weighted by Gasteiger charge is 2.30. The maximum atomic E-state index is 10.9. The van der Waals surface area contributed by atoms with E-state index in [0.717, 1.165) is 44.5 Å². The van der Waals surface area contributed by atoms with Crippen LogP contribution in [-0.2, 0) is 9.59 Å². The molecule has 6 heteroatoms. The number of hydrogen-bond donors (Lipinski definition) is 3. The summed E-state index contributed by atoms with van der Waals surface area (Å²) in [5.74, 6) is -1.44. The van der Waals surface area contributed by atoms with Crippen LogP contribution in [0.4, 0.5) is 5.69 Å². The maximum absolute atomic E-state index is 10.9. The zero-order valence-electron chi connectivity index (χ0n) is 12.4. The molecular formula is C16H22N2O4. The lowest BCUT2D eigenvalue weighted by molar-refractivity contribution is -0.139. The molecule has 0 spiro atoms. The number of benzene rings is 1. The summed E-state index contributed by atoms with van der Waals surface area (Å²) in [5.41, 5.74) is 1.01. The highest BCUT2D eigenvalue weighted by molar-refractivity contribution is 5.79. The third-order valence-corrected chi connectivity index (χ3v) is 3.98. The summed E-state index contributed by atoms with van der Waals surface area (Å²) in [7, 11) is 0. The number of anilines is 1. The van der Waals surface area contributed by atoms with Crippen molar-refractivity contribution in [2.24, 2.45) is 0 Å². The standard InChI is InChI=1S/C11H13NO2.C5H9NO2/c13-11(14)10-7-4-8-12(10)9-5-2-1-3-6-9;7-5(8)4-2-1-3-6-4/h1-3,5-6,10H,4,7-8H2,(H,13,14);4,6H,1-3H2,(H,7,8)/t10-;4-/m00/s1. The Hall–Kier alpha value is -2.08. The molecule has 6 nitrogen and oxygen atoms in total. The number of carboxylic acid groups (broad SMARTS) is 2. The summed E-state index contributed by atoms with van der Waals surface area (Å²) in [6, 6.07) is 9.13. The Balaban J connectivity index is 0.000000188. The highest BCUT2D eigenvalue weighted by atomic mass is 16.4. The fourth-order valence-corrected chi connectivity index (χ4v) is 2.85. The average Bonchev–Trinajstić information content (AvgIpc) is 3.20. The van der Waals surface area contributed by atoms with E-state index in [1.807, 2.05) is 35.2 Å². The lowest BCUT2D eigenvalue weighted by Gasteiger charge is -2.23.